The third-order valence-electron chi connectivity index (χ3n) is 3.61. The fourth-order valence-corrected chi connectivity index (χ4v) is 2.27. The monoisotopic (exact) mass is 284 g/mol. The Balaban J connectivity index is 2.09. The van der Waals surface area contributed by atoms with Crippen LogP contribution in [0, 0.1) is 5.92 Å². The number of likely N-dealkylation sites (tertiary alicyclic amines) is 1. The largest absolute Gasteiger partial charge is 0.435 e. The van der Waals surface area contributed by atoms with Crippen LogP contribution in [0.1, 0.15) is 23.7 Å². The maximum absolute atomic E-state index is 12.3. The van der Waals surface area contributed by atoms with Gasteiger partial charge in [-0.05, 0) is 30.5 Å². The molecule has 2 unspecified atom stereocenters. The SMILES string of the molecule is CC1CCN(C(=O)c2cccc(OC(F)F)c2)CC1N. The van der Waals surface area contributed by atoms with Crippen molar-refractivity contribution in [3.8, 4) is 5.75 Å². The van der Waals surface area contributed by atoms with E-state index >= 15 is 0 Å². The lowest BCUT2D eigenvalue weighted by Crippen LogP contribution is -2.49. The lowest BCUT2D eigenvalue weighted by atomic mass is 9.94. The van der Waals surface area contributed by atoms with Crippen molar-refractivity contribution in [3.05, 3.63) is 29.8 Å². The topological polar surface area (TPSA) is 55.6 Å². The Morgan fingerprint density at radius 1 is 1.50 bits per heavy atom. The second-order valence-corrected chi connectivity index (χ2v) is 5.09. The molecule has 1 aromatic carbocycles. The van der Waals surface area contributed by atoms with Gasteiger partial charge in [0.05, 0.1) is 0 Å². The van der Waals surface area contributed by atoms with Gasteiger partial charge in [0, 0.05) is 24.7 Å². The van der Waals surface area contributed by atoms with Crippen LogP contribution in [-0.2, 0) is 0 Å². The zero-order chi connectivity index (χ0) is 14.7. The predicted molar refractivity (Wildman–Crippen MR) is 70.7 cm³/mol. The van der Waals surface area contributed by atoms with Crippen LogP contribution in [0.25, 0.3) is 0 Å². The zero-order valence-corrected chi connectivity index (χ0v) is 11.3. The number of nitrogens with two attached hydrogens (primary N) is 1. The van der Waals surface area contributed by atoms with E-state index in [2.05, 4.69) is 11.7 Å². The van der Waals surface area contributed by atoms with Crippen molar-refractivity contribution >= 4 is 5.91 Å². The van der Waals surface area contributed by atoms with Gasteiger partial charge in [0.1, 0.15) is 5.75 Å². The van der Waals surface area contributed by atoms with Gasteiger partial charge in [0.15, 0.2) is 0 Å². The molecule has 1 saturated heterocycles. The highest BCUT2D eigenvalue weighted by Crippen LogP contribution is 2.20. The number of hydrogen-bond acceptors (Lipinski definition) is 3. The highest BCUT2D eigenvalue weighted by atomic mass is 19.3. The lowest BCUT2D eigenvalue weighted by Gasteiger charge is -2.35. The highest BCUT2D eigenvalue weighted by molar-refractivity contribution is 5.94. The maximum Gasteiger partial charge on any atom is 0.387 e. The summed E-state index contributed by atoms with van der Waals surface area (Å²) in [7, 11) is 0. The molecule has 4 nitrogen and oxygen atoms in total. The smallest absolute Gasteiger partial charge is 0.387 e. The van der Waals surface area contributed by atoms with Gasteiger partial charge in [-0.25, -0.2) is 0 Å². The van der Waals surface area contributed by atoms with Gasteiger partial charge in [-0.3, -0.25) is 4.79 Å². The minimum Gasteiger partial charge on any atom is -0.435 e. The molecule has 2 N–H and O–H groups in total. The standard InChI is InChI=1S/C14H18F2N2O2/c1-9-5-6-18(8-12(9)17)13(19)10-3-2-4-11(7-10)20-14(15)16/h2-4,7,9,12,14H,5-6,8,17H2,1H3. The number of amides is 1. The Bertz CT molecular complexity index is 482. The number of piperidine rings is 1. The van der Waals surface area contributed by atoms with E-state index in [9.17, 15) is 13.6 Å². The summed E-state index contributed by atoms with van der Waals surface area (Å²) in [5.74, 6) is 0.167. The number of benzene rings is 1. The molecule has 1 amide bonds. The van der Waals surface area contributed by atoms with Gasteiger partial charge in [0.25, 0.3) is 5.91 Å². The summed E-state index contributed by atoms with van der Waals surface area (Å²) >= 11 is 0. The van der Waals surface area contributed by atoms with Gasteiger partial charge < -0.3 is 15.4 Å². The molecule has 2 atom stereocenters. The van der Waals surface area contributed by atoms with E-state index < -0.39 is 6.61 Å². The van der Waals surface area contributed by atoms with Crippen molar-refractivity contribution in [2.24, 2.45) is 11.7 Å². The molecule has 0 saturated carbocycles. The fraction of sp³-hybridized carbons (Fsp3) is 0.500. The quantitative estimate of drug-likeness (QED) is 0.924. The van der Waals surface area contributed by atoms with Crippen molar-refractivity contribution in [3.63, 3.8) is 0 Å². The fourth-order valence-electron chi connectivity index (χ4n) is 2.27. The number of halogens is 2. The molecule has 20 heavy (non-hydrogen) atoms. The van der Waals surface area contributed by atoms with Crippen molar-refractivity contribution in [1.29, 1.82) is 0 Å². The zero-order valence-electron chi connectivity index (χ0n) is 11.3. The van der Waals surface area contributed by atoms with E-state index in [4.69, 9.17) is 5.73 Å². The average Bonchev–Trinajstić information content (AvgIpc) is 2.40. The van der Waals surface area contributed by atoms with Gasteiger partial charge in [-0.1, -0.05) is 13.0 Å². The maximum atomic E-state index is 12.3. The van der Waals surface area contributed by atoms with Crippen LogP contribution in [0.4, 0.5) is 8.78 Å². The molecule has 1 aliphatic rings. The minimum absolute atomic E-state index is 0.0134. The summed E-state index contributed by atoms with van der Waals surface area (Å²) < 4.78 is 28.6. The van der Waals surface area contributed by atoms with Gasteiger partial charge >= 0.3 is 6.61 Å². The number of rotatable bonds is 3. The first-order valence-electron chi connectivity index (χ1n) is 6.57. The van der Waals surface area contributed by atoms with Crippen LogP contribution < -0.4 is 10.5 Å². The third kappa shape index (κ3) is 3.45. The van der Waals surface area contributed by atoms with Crippen molar-refractivity contribution in [2.75, 3.05) is 13.1 Å². The Kier molecular flexibility index (Phi) is 4.54. The summed E-state index contributed by atoms with van der Waals surface area (Å²) in [5.41, 5.74) is 6.30. The molecule has 0 aromatic heterocycles. The van der Waals surface area contributed by atoms with Crippen LogP contribution in [0.15, 0.2) is 24.3 Å². The molecule has 2 rings (SSSR count). The molecule has 0 spiro atoms. The first-order chi connectivity index (χ1) is 9.47. The second-order valence-electron chi connectivity index (χ2n) is 5.09. The molecule has 1 aromatic rings. The van der Waals surface area contributed by atoms with Gasteiger partial charge in [-0.2, -0.15) is 8.78 Å². The summed E-state index contributed by atoms with van der Waals surface area (Å²) in [6.45, 7) is 0.279. The van der Waals surface area contributed by atoms with E-state index in [0.717, 1.165) is 6.42 Å². The Labute approximate surface area is 116 Å². The molecule has 0 aliphatic carbocycles. The Morgan fingerprint density at radius 3 is 2.90 bits per heavy atom. The Hall–Kier alpha value is -1.69. The molecule has 0 radical (unpaired) electrons. The van der Waals surface area contributed by atoms with Crippen LogP contribution in [-0.4, -0.2) is 36.5 Å². The molecule has 6 heteroatoms. The van der Waals surface area contributed by atoms with Crippen LogP contribution >= 0.6 is 0 Å². The summed E-state index contributed by atoms with van der Waals surface area (Å²) in [6.07, 6.45) is 0.847. The second kappa shape index (κ2) is 6.17. The van der Waals surface area contributed by atoms with Crippen LogP contribution in [0.5, 0.6) is 5.75 Å². The average molecular weight is 284 g/mol. The number of ether oxygens (including phenoxy) is 1. The van der Waals surface area contributed by atoms with Crippen molar-refractivity contribution < 1.29 is 18.3 Å². The van der Waals surface area contributed by atoms with E-state index in [1.165, 1.54) is 18.2 Å². The minimum atomic E-state index is -2.90. The van der Waals surface area contributed by atoms with Crippen molar-refractivity contribution in [2.45, 2.75) is 26.0 Å². The Morgan fingerprint density at radius 2 is 2.25 bits per heavy atom. The number of nitrogens with zero attached hydrogens (tertiary/aromatic N) is 1. The summed E-state index contributed by atoms with van der Waals surface area (Å²) in [4.78, 5) is 14.0. The summed E-state index contributed by atoms with van der Waals surface area (Å²) in [6, 6.07) is 5.79. The number of hydrogen-bond donors (Lipinski definition) is 1. The molecular formula is C14H18F2N2O2. The number of carbonyl (C=O) groups is 1. The van der Waals surface area contributed by atoms with E-state index in [-0.39, 0.29) is 17.7 Å². The van der Waals surface area contributed by atoms with Crippen molar-refractivity contribution in [1.82, 2.24) is 4.90 Å². The molecular weight excluding hydrogens is 266 g/mol. The van der Waals surface area contributed by atoms with E-state index in [0.29, 0.717) is 24.6 Å². The van der Waals surface area contributed by atoms with E-state index in [1.807, 2.05) is 0 Å². The highest BCUT2D eigenvalue weighted by Gasteiger charge is 2.27. The predicted octanol–water partition coefficient (Wildman–Crippen LogP) is 2.10. The molecule has 1 heterocycles. The van der Waals surface area contributed by atoms with Crippen LogP contribution in [0.2, 0.25) is 0 Å². The summed E-state index contributed by atoms with van der Waals surface area (Å²) in [5, 5.41) is 0. The number of carbonyl (C=O) groups excluding carboxylic acids is 1. The molecule has 1 aliphatic heterocycles. The van der Waals surface area contributed by atoms with Crippen LogP contribution in [0.3, 0.4) is 0 Å². The van der Waals surface area contributed by atoms with Gasteiger partial charge in [0.2, 0.25) is 0 Å². The third-order valence-corrected chi connectivity index (χ3v) is 3.61. The first-order valence-corrected chi connectivity index (χ1v) is 6.57. The molecule has 1 fully saturated rings. The van der Waals surface area contributed by atoms with Gasteiger partial charge in [-0.15, -0.1) is 0 Å². The molecule has 0 bridgehead atoms. The number of alkyl halides is 2. The molecule has 110 valence electrons. The first kappa shape index (κ1) is 14.7. The van der Waals surface area contributed by atoms with E-state index in [1.54, 1.807) is 11.0 Å². The normalized spacial score (nSPS) is 22.9. The lowest BCUT2D eigenvalue weighted by molar-refractivity contribution is -0.0499.